The molecule has 2 rings (SSSR count). The summed E-state index contributed by atoms with van der Waals surface area (Å²) < 4.78 is 2.14. The van der Waals surface area contributed by atoms with E-state index in [-0.39, 0.29) is 12.0 Å². The maximum atomic E-state index is 9.91. The number of aliphatic hydroxyl groups is 1. The predicted molar refractivity (Wildman–Crippen MR) is 55.1 cm³/mol. The Morgan fingerprint density at radius 3 is 3.00 bits per heavy atom. The SMILES string of the molecule is CCn1ccnc1C1CCCCC1O. The van der Waals surface area contributed by atoms with Crippen LogP contribution in [0.5, 0.6) is 0 Å². The number of aromatic nitrogens is 2. The topological polar surface area (TPSA) is 38.0 Å². The number of hydrogen-bond donors (Lipinski definition) is 1. The molecule has 2 unspecified atom stereocenters. The molecule has 1 N–H and O–H groups in total. The van der Waals surface area contributed by atoms with E-state index in [0.29, 0.717) is 0 Å². The van der Waals surface area contributed by atoms with E-state index in [2.05, 4.69) is 16.5 Å². The summed E-state index contributed by atoms with van der Waals surface area (Å²) in [6, 6.07) is 0. The lowest BCUT2D eigenvalue weighted by Crippen LogP contribution is -2.25. The van der Waals surface area contributed by atoms with Gasteiger partial charge < -0.3 is 9.67 Å². The average molecular weight is 194 g/mol. The van der Waals surface area contributed by atoms with E-state index in [9.17, 15) is 5.11 Å². The number of rotatable bonds is 2. The van der Waals surface area contributed by atoms with Gasteiger partial charge in [-0.3, -0.25) is 0 Å². The van der Waals surface area contributed by atoms with Gasteiger partial charge in [0.2, 0.25) is 0 Å². The molecule has 78 valence electrons. The normalized spacial score (nSPS) is 27.9. The Bertz CT molecular complexity index is 295. The van der Waals surface area contributed by atoms with E-state index in [0.717, 1.165) is 31.6 Å². The van der Waals surface area contributed by atoms with E-state index < -0.39 is 0 Å². The Hall–Kier alpha value is -0.830. The second kappa shape index (κ2) is 4.13. The molecule has 3 nitrogen and oxygen atoms in total. The van der Waals surface area contributed by atoms with Gasteiger partial charge in [0.1, 0.15) is 5.82 Å². The average Bonchev–Trinajstić information content (AvgIpc) is 2.66. The van der Waals surface area contributed by atoms with Gasteiger partial charge in [0.15, 0.2) is 0 Å². The van der Waals surface area contributed by atoms with Crippen LogP contribution in [-0.2, 0) is 6.54 Å². The number of nitrogens with zero attached hydrogens (tertiary/aromatic N) is 2. The summed E-state index contributed by atoms with van der Waals surface area (Å²) in [5, 5.41) is 9.91. The second-order valence-electron chi connectivity index (χ2n) is 4.03. The minimum absolute atomic E-state index is 0.184. The van der Waals surface area contributed by atoms with Gasteiger partial charge in [-0.1, -0.05) is 12.8 Å². The molecular weight excluding hydrogens is 176 g/mol. The molecule has 2 atom stereocenters. The summed E-state index contributed by atoms with van der Waals surface area (Å²) in [4.78, 5) is 4.36. The third-order valence-electron chi connectivity index (χ3n) is 3.15. The number of aliphatic hydroxyl groups excluding tert-OH is 1. The van der Waals surface area contributed by atoms with Crippen LogP contribution in [0, 0.1) is 0 Å². The quantitative estimate of drug-likeness (QED) is 0.781. The number of aryl methyl sites for hydroxylation is 1. The van der Waals surface area contributed by atoms with Crippen molar-refractivity contribution >= 4 is 0 Å². The van der Waals surface area contributed by atoms with Crippen molar-refractivity contribution in [1.82, 2.24) is 9.55 Å². The summed E-state index contributed by atoms with van der Waals surface area (Å²) in [5.41, 5.74) is 0. The van der Waals surface area contributed by atoms with Gasteiger partial charge in [-0.2, -0.15) is 0 Å². The molecule has 14 heavy (non-hydrogen) atoms. The lowest BCUT2D eigenvalue weighted by molar-refractivity contribution is 0.101. The monoisotopic (exact) mass is 194 g/mol. The van der Waals surface area contributed by atoms with Crippen LogP contribution in [0.2, 0.25) is 0 Å². The van der Waals surface area contributed by atoms with E-state index in [1.807, 2.05) is 12.4 Å². The Kier molecular flexibility index (Phi) is 2.87. The summed E-state index contributed by atoms with van der Waals surface area (Å²) in [6.45, 7) is 3.05. The van der Waals surface area contributed by atoms with E-state index >= 15 is 0 Å². The Balaban J connectivity index is 2.20. The fourth-order valence-corrected chi connectivity index (χ4v) is 2.33. The van der Waals surface area contributed by atoms with Gasteiger partial charge in [0.05, 0.1) is 6.10 Å². The molecule has 1 fully saturated rings. The first-order valence-electron chi connectivity index (χ1n) is 5.52. The molecule has 1 heterocycles. The first-order valence-corrected chi connectivity index (χ1v) is 5.52. The molecule has 0 aromatic carbocycles. The summed E-state index contributed by atoms with van der Waals surface area (Å²) >= 11 is 0. The molecule has 0 amide bonds. The highest BCUT2D eigenvalue weighted by Crippen LogP contribution is 2.31. The van der Waals surface area contributed by atoms with Crippen LogP contribution < -0.4 is 0 Å². The Labute approximate surface area is 84.8 Å². The zero-order valence-corrected chi connectivity index (χ0v) is 8.69. The lowest BCUT2D eigenvalue weighted by atomic mass is 9.86. The lowest BCUT2D eigenvalue weighted by Gasteiger charge is -2.27. The van der Waals surface area contributed by atoms with Crippen LogP contribution in [0.3, 0.4) is 0 Å². The largest absolute Gasteiger partial charge is 0.392 e. The molecule has 1 aliphatic carbocycles. The van der Waals surface area contributed by atoms with Crippen molar-refractivity contribution in [2.45, 2.75) is 51.2 Å². The van der Waals surface area contributed by atoms with Crippen molar-refractivity contribution in [3.63, 3.8) is 0 Å². The van der Waals surface area contributed by atoms with Crippen LogP contribution in [0.1, 0.15) is 44.3 Å². The third-order valence-corrected chi connectivity index (χ3v) is 3.15. The van der Waals surface area contributed by atoms with Crippen LogP contribution in [-0.4, -0.2) is 20.8 Å². The van der Waals surface area contributed by atoms with Gasteiger partial charge in [0.25, 0.3) is 0 Å². The molecule has 0 radical (unpaired) electrons. The first-order chi connectivity index (χ1) is 6.83. The molecule has 0 bridgehead atoms. The van der Waals surface area contributed by atoms with Crippen molar-refractivity contribution < 1.29 is 5.11 Å². The van der Waals surface area contributed by atoms with Crippen LogP contribution >= 0.6 is 0 Å². The van der Waals surface area contributed by atoms with Gasteiger partial charge >= 0.3 is 0 Å². The molecule has 0 saturated heterocycles. The van der Waals surface area contributed by atoms with Crippen molar-refractivity contribution in [2.24, 2.45) is 0 Å². The van der Waals surface area contributed by atoms with Gasteiger partial charge in [-0.15, -0.1) is 0 Å². The van der Waals surface area contributed by atoms with Crippen LogP contribution in [0.25, 0.3) is 0 Å². The van der Waals surface area contributed by atoms with E-state index in [4.69, 9.17) is 0 Å². The van der Waals surface area contributed by atoms with Crippen molar-refractivity contribution in [1.29, 1.82) is 0 Å². The fourth-order valence-electron chi connectivity index (χ4n) is 2.33. The molecule has 1 saturated carbocycles. The highest BCUT2D eigenvalue weighted by Gasteiger charge is 2.27. The molecule has 0 spiro atoms. The van der Waals surface area contributed by atoms with Crippen molar-refractivity contribution in [3.8, 4) is 0 Å². The molecular formula is C11H18N2O. The zero-order chi connectivity index (χ0) is 9.97. The van der Waals surface area contributed by atoms with Crippen LogP contribution in [0.15, 0.2) is 12.4 Å². The molecule has 1 aliphatic rings. The summed E-state index contributed by atoms with van der Waals surface area (Å²) in [7, 11) is 0. The smallest absolute Gasteiger partial charge is 0.114 e. The first kappa shape index (κ1) is 9.71. The Morgan fingerprint density at radius 2 is 2.29 bits per heavy atom. The highest BCUT2D eigenvalue weighted by atomic mass is 16.3. The molecule has 1 aromatic heterocycles. The minimum atomic E-state index is -0.184. The number of hydrogen-bond acceptors (Lipinski definition) is 2. The maximum Gasteiger partial charge on any atom is 0.114 e. The maximum absolute atomic E-state index is 9.91. The summed E-state index contributed by atoms with van der Waals surface area (Å²) in [6.07, 6.45) is 8.04. The van der Waals surface area contributed by atoms with Crippen molar-refractivity contribution in [2.75, 3.05) is 0 Å². The minimum Gasteiger partial charge on any atom is -0.392 e. The summed E-state index contributed by atoms with van der Waals surface area (Å²) in [5.74, 6) is 1.33. The van der Waals surface area contributed by atoms with Gasteiger partial charge in [-0.25, -0.2) is 4.98 Å². The second-order valence-corrected chi connectivity index (χ2v) is 4.03. The zero-order valence-electron chi connectivity index (χ0n) is 8.69. The van der Waals surface area contributed by atoms with Crippen molar-refractivity contribution in [3.05, 3.63) is 18.2 Å². The standard InChI is InChI=1S/C11H18N2O/c1-2-13-8-7-12-11(13)9-5-3-4-6-10(9)14/h7-10,14H,2-6H2,1H3. The van der Waals surface area contributed by atoms with Gasteiger partial charge in [0, 0.05) is 24.9 Å². The van der Waals surface area contributed by atoms with E-state index in [1.165, 1.54) is 6.42 Å². The number of imidazole rings is 1. The molecule has 0 aliphatic heterocycles. The molecule has 3 heteroatoms. The predicted octanol–water partition coefficient (Wildman–Crippen LogP) is 1.92. The van der Waals surface area contributed by atoms with E-state index in [1.54, 1.807) is 0 Å². The molecule has 1 aromatic rings. The third kappa shape index (κ3) is 1.69. The fraction of sp³-hybridized carbons (Fsp3) is 0.727. The Morgan fingerprint density at radius 1 is 1.50 bits per heavy atom. The highest BCUT2D eigenvalue weighted by molar-refractivity contribution is 5.04. The van der Waals surface area contributed by atoms with Gasteiger partial charge in [-0.05, 0) is 19.8 Å². The van der Waals surface area contributed by atoms with Crippen LogP contribution in [0.4, 0.5) is 0 Å².